The number of halogens is 4. The lowest BCUT2D eigenvalue weighted by Gasteiger charge is -2.31. The number of piperidine rings is 1. The van der Waals surface area contributed by atoms with Gasteiger partial charge in [0.1, 0.15) is 10.8 Å². The van der Waals surface area contributed by atoms with Crippen LogP contribution >= 0.6 is 22.9 Å². The summed E-state index contributed by atoms with van der Waals surface area (Å²) in [7, 11) is 0. The van der Waals surface area contributed by atoms with Crippen molar-refractivity contribution in [3.05, 3.63) is 73.3 Å². The van der Waals surface area contributed by atoms with E-state index in [0.29, 0.717) is 49.3 Å². The van der Waals surface area contributed by atoms with Crippen LogP contribution in [0, 0.1) is 10.1 Å². The number of amides is 1. The smallest absolute Gasteiger partial charge is 0.337 e. The number of carbonyl (C=O) groups is 1. The molecular formula is C21H16ClF3N4O3S. The van der Waals surface area contributed by atoms with Gasteiger partial charge >= 0.3 is 6.18 Å². The van der Waals surface area contributed by atoms with Crippen molar-refractivity contribution in [3.63, 3.8) is 0 Å². The number of pyridine rings is 1. The largest absolute Gasteiger partial charge is 0.416 e. The molecule has 0 spiro atoms. The van der Waals surface area contributed by atoms with Crippen LogP contribution in [-0.2, 0) is 6.18 Å². The van der Waals surface area contributed by atoms with Gasteiger partial charge in [0.25, 0.3) is 11.6 Å². The Morgan fingerprint density at radius 1 is 1.18 bits per heavy atom. The SMILES string of the molecule is O=C(c1cc(C(F)(F)F)cc(Cl)n1)N1CCC(c2nc(-c3ccccc3[N+](=O)[O-])cs2)CC1. The van der Waals surface area contributed by atoms with Crippen molar-refractivity contribution in [1.82, 2.24) is 14.9 Å². The molecule has 1 aliphatic rings. The van der Waals surface area contributed by atoms with Gasteiger partial charge in [-0.2, -0.15) is 13.2 Å². The molecule has 12 heteroatoms. The molecule has 7 nitrogen and oxygen atoms in total. The average molecular weight is 497 g/mol. The summed E-state index contributed by atoms with van der Waals surface area (Å²) in [4.78, 5) is 33.4. The number of likely N-dealkylation sites (tertiary alicyclic amines) is 1. The van der Waals surface area contributed by atoms with Gasteiger partial charge in [0.05, 0.1) is 26.8 Å². The zero-order chi connectivity index (χ0) is 23.8. The Balaban J connectivity index is 1.46. The molecule has 1 aliphatic heterocycles. The van der Waals surface area contributed by atoms with Crippen molar-refractivity contribution in [1.29, 1.82) is 0 Å². The van der Waals surface area contributed by atoms with Crippen LogP contribution in [-0.4, -0.2) is 38.8 Å². The molecule has 33 heavy (non-hydrogen) atoms. The number of hydrogen-bond acceptors (Lipinski definition) is 6. The highest BCUT2D eigenvalue weighted by Gasteiger charge is 2.33. The van der Waals surface area contributed by atoms with E-state index >= 15 is 0 Å². The number of thiazole rings is 1. The second kappa shape index (κ2) is 9.06. The van der Waals surface area contributed by atoms with Crippen LogP contribution in [0.5, 0.6) is 0 Å². The van der Waals surface area contributed by atoms with Crippen LogP contribution in [0.4, 0.5) is 18.9 Å². The molecule has 4 rings (SSSR count). The third-order valence-corrected chi connectivity index (χ3v) is 6.57. The summed E-state index contributed by atoms with van der Waals surface area (Å²) < 4.78 is 39.1. The van der Waals surface area contributed by atoms with Crippen LogP contribution < -0.4 is 0 Å². The second-order valence-electron chi connectivity index (χ2n) is 7.47. The molecule has 1 amide bonds. The number of alkyl halides is 3. The molecule has 3 heterocycles. The van der Waals surface area contributed by atoms with Crippen LogP contribution in [0.15, 0.2) is 41.8 Å². The Bertz CT molecular complexity index is 1210. The van der Waals surface area contributed by atoms with Gasteiger partial charge in [-0.1, -0.05) is 23.7 Å². The Morgan fingerprint density at radius 2 is 1.88 bits per heavy atom. The van der Waals surface area contributed by atoms with Gasteiger partial charge in [-0.15, -0.1) is 11.3 Å². The Hall–Kier alpha value is -3.05. The van der Waals surface area contributed by atoms with E-state index in [4.69, 9.17) is 11.6 Å². The quantitative estimate of drug-likeness (QED) is 0.258. The summed E-state index contributed by atoms with van der Waals surface area (Å²) in [6, 6.07) is 7.76. The maximum atomic E-state index is 13.0. The molecule has 0 bridgehead atoms. The van der Waals surface area contributed by atoms with Crippen LogP contribution in [0.3, 0.4) is 0 Å². The number of carbonyl (C=O) groups excluding carboxylic acids is 1. The Morgan fingerprint density at radius 3 is 2.55 bits per heavy atom. The summed E-state index contributed by atoms with van der Waals surface area (Å²) in [5.41, 5.74) is -0.442. The van der Waals surface area contributed by atoms with Crippen molar-refractivity contribution in [2.75, 3.05) is 13.1 Å². The fraction of sp³-hybridized carbons (Fsp3) is 0.286. The van der Waals surface area contributed by atoms with Gasteiger partial charge in [-0.25, -0.2) is 9.97 Å². The van der Waals surface area contributed by atoms with Crippen LogP contribution in [0.25, 0.3) is 11.3 Å². The molecule has 1 aromatic carbocycles. The predicted octanol–water partition coefficient (Wildman–Crippen LogP) is 5.81. The van der Waals surface area contributed by atoms with E-state index in [2.05, 4.69) is 9.97 Å². The summed E-state index contributed by atoms with van der Waals surface area (Å²) >= 11 is 7.09. The maximum absolute atomic E-state index is 13.0. The lowest BCUT2D eigenvalue weighted by Crippen LogP contribution is -2.38. The number of rotatable bonds is 4. The van der Waals surface area contributed by atoms with Crippen LogP contribution in [0.2, 0.25) is 5.15 Å². The number of nitrogens with zero attached hydrogens (tertiary/aromatic N) is 4. The molecule has 0 atom stereocenters. The van der Waals surface area contributed by atoms with Crippen molar-refractivity contribution < 1.29 is 22.9 Å². The van der Waals surface area contributed by atoms with Crippen LogP contribution in [0.1, 0.15) is 39.8 Å². The standard InChI is InChI=1S/C21H16ClF3N4O3S/c22-18-10-13(21(23,24)25)9-15(26-18)20(30)28-7-5-12(6-8-28)19-27-16(11-33-19)14-3-1-2-4-17(14)29(31)32/h1-4,9-12H,5-8H2. The number of hydrogen-bond donors (Lipinski definition) is 0. The van der Waals surface area contributed by atoms with E-state index in [-0.39, 0.29) is 17.3 Å². The number of nitro groups is 1. The molecule has 1 fully saturated rings. The normalized spacial score (nSPS) is 15.0. The zero-order valence-electron chi connectivity index (χ0n) is 16.9. The van der Waals surface area contributed by atoms with Crippen molar-refractivity contribution >= 4 is 34.5 Å². The first-order chi connectivity index (χ1) is 15.6. The molecule has 1 saturated heterocycles. The molecule has 0 aliphatic carbocycles. The summed E-state index contributed by atoms with van der Waals surface area (Å²) in [5, 5.41) is 13.5. The summed E-state index contributed by atoms with van der Waals surface area (Å²) in [6.45, 7) is 0.638. The van der Waals surface area contributed by atoms with E-state index in [0.717, 1.165) is 5.01 Å². The predicted molar refractivity (Wildman–Crippen MR) is 116 cm³/mol. The molecule has 0 radical (unpaired) electrons. The number of nitro benzene ring substituents is 1. The topological polar surface area (TPSA) is 89.2 Å². The number of para-hydroxylation sites is 1. The first-order valence-electron chi connectivity index (χ1n) is 9.87. The molecule has 0 saturated carbocycles. The summed E-state index contributed by atoms with van der Waals surface area (Å²) in [5.74, 6) is -0.574. The van der Waals surface area contributed by atoms with E-state index in [9.17, 15) is 28.1 Å². The Kier molecular flexibility index (Phi) is 6.35. The third kappa shape index (κ3) is 4.98. The minimum absolute atomic E-state index is 0.0259. The van der Waals surface area contributed by atoms with Crippen molar-refractivity contribution in [3.8, 4) is 11.3 Å². The second-order valence-corrected chi connectivity index (χ2v) is 8.75. The molecular weight excluding hydrogens is 481 g/mol. The zero-order valence-corrected chi connectivity index (χ0v) is 18.5. The van der Waals surface area contributed by atoms with Gasteiger partial charge in [0, 0.05) is 30.5 Å². The number of aromatic nitrogens is 2. The molecule has 3 aromatic rings. The first-order valence-corrected chi connectivity index (χ1v) is 11.1. The first kappa shape index (κ1) is 23.1. The fourth-order valence-corrected chi connectivity index (χ4v) is 4.91. The van der Waals surface area contributed by atoms with E-state index in [1.807, 2.05) is 0 Å². The van der Waals surface area contributed by atoms with Gasteiger partial charge in [0.2, 0.25) is 0 Å². The molecule has 172 valence electrons. The van der Waals surface area contributed by atoms with Gasteiger partial charge in [-0.3, -0.25) is 14.9 Å². The monoisotopic (exact) mass is 496 g/mol. The number of benzene rings is 1. The average Bonchev–Trinajstić information content (AvgIpc) is 3.28. The highest BCUT2D eigenvalue weighted by molar-refractivity contribution is 7.10. The molecule has 0 N–H and O–H groups in total. The van der Waals surface area contributed by atoms with Crippen molar-refractivity contribution in [2.24, 2.45) is 0 Å². The molecule has 2 aromatic heterocycles. The maximum Gasteiger partial charge on any atom is 0.416 e. The third-order valence-electron chi connectivity index (χ3n) is 5.37. The van der Waals surface area contributed by atoms with Gasteiger partial charge in [-0.05, 0) is 31.0 Å². The lowest BCUT2D eigenvalue weighted by atomic mass is 9.97. The molecule has 0 unspecified atom stereocenters. The lowest BCUT2D eigenvalue weighted by molar-refractivity contribution is -0.384. The van der Waals surface area contributed by atoms with E-state index < -0.39 is 27.7 Å². The highest BCUT2D eigenvalue weighted by Crippen LogP contribution is 2.36. The van der Waals surface area contributed by atoms with Gasteiger partial charge < -0.3 is 4.90 Å². The van der Waals surface area contributed by atoms with E-state index in [1.54, 1.807) is 23.6 Å². The fourth-order valence-electron chi connectivity index (χ4n) is 3.71. The minimum atomic E-state index is -4.63. The Labute approximate surface area is 195 Å². The van der Waals surface area contributed by atoms with Crippen molar-refractivity contribution in [2.45, 2.75) is 24.9 Å². The van der Waals surface area contributed by atoms with Gasteiger partial charge in [0.15, 0.2) is 0 Å². The van der Waals surface area contributed by atoms with E-state index in [1.165, 1.54) is 22.3 Å². The summed E-state index contributed by atoms with van der Waals surface area (Å²) in [6.07, 6.45) is -3.52. The minimum Gasteiger partial charge on any atom is -0.337 e. The highest BCUT2D eigenvalue weighted by atomic mass is 35.5.